The SMILES string of the molecule is CCCNCC(COC)OCC1CCCCO1. The standard InChI is InChI=1S/C13H27NO3/c1-3-7-14-9-13(10-15-2)17-11-12-6-4-5-8-16-12/h12-14H,3-11H2,1-2H3. The van der Waals surface area contributed by atoms with E-state index in [1.807, 2.05) is 0 Å². The highest BCUT2D eigenvalue weighted by atomic mass is 16.6. The van der Waals surface area contributed by atoms with Gasteiger partial charge in [-0.1, -0.05) is 6.92 Å². The largest absolute Gasteiger partial charge is 0.382 e. The van der Waals surface area contributed by atoms with Crippen LogP contribution in [-0.4, -0.2) is 52.2 Å². The van der Waals surface area contributed by atoms with E-state index in [0.717, 1.165) is 32.5 Å². The van der Waals surface area contributed by atoms with E-state index >= 15 is 0 Å². The van der Waals surface area contributed by atoms with Crippen LogP contribution in [0, 0.1) is 0 Å². The lowest BCUT2D eigenvalue weighted by molar-refractivity contribution is -0.0764. The number of rotatable bonds is 9. The summed E-state index contributed by atoms with van der Waals surface area (Å²) in [6, 6.07) is 0. The molecule has 1 N–H and O–H groups in total. The molecule has 0 aliphatic carbocycles. The molecule has 0 aromatic rings. The zero-order chi connectivity index (χ0) is 12.3. The highest BCUT2D eigenvalue weighted by Crippen LogP contribution is 2.13. The molecule has 0 radical (unpaired) electrons. The molecule has 17 heavy (non-hydrogen) atoms. The number of nitrogens with one attached hydrogen (secondary N) is 1. The maximum absolute atomic E-state index is 5.86. The number of methoxy groups -OCH3 is 1. The first-order valence-corrected chi connectivity index (χ1v) is 6.79. The smallest absolute Gasteiger partial charge is 0.0933 e. The summed E-state index contributed by atoms with van der Waals surface area (Å²) in [7, 11) is 1.72. The fraction of sp³-hybridized carbons (Fsp3) is 1.00. The molecule has 1 rings (SSSR count). The summed E-state index contributed by atoms with van der Waals surface area (Å²) in [5, 5.41) is 3.36. The van der Waals surface area contributed by atoms with Crippen molar-refractivity contribution in [1.82, 2.24) is 5.32 Å². The molecule has 1 aliphatic heterocycles. The van der Waals surface area contributed by atoms with Crippen molar-refractivity contribution >= 4 is 0 Å². The van der Waals surface area contributed by atoms with Gasteiger partial charge in [-0.05, 0) is 32.2 Å². The quantitative estimate of drug-likeness (QED) is 0.626. The third-order valence-corrected chi connectivity index (χ3v) is 2.94. The highest BCUT2D eigenvalue weighted by molar-refractivity contribution is 4.66. The lowest BCUT2D eigenvalue weighted by Gasteiger charge is -2.25. The molecule has 0 spiro atoms. The van der Waals surface area contributed by atoms with Gasteiger partial charge in [0.15, 0.2) is 0 Å². The summed E-state index contributed by atoms with van der Waals surface area (Å²) < 4.78 is 16.7. The molecule has 0 aromatic heterocycles. The predicted octanol–water partition coefficient (Wildman–Crippen LogP) is 1.59. The van der Waals surface area contributed by atoms with Gasteiger partial charge in [0.1, 0.15) is 0 Å². The van der Waals surface area contributed by atoms with Crippen molar-refractivity contribution < 1.29 is 14.2 Å². The van der Waals surface area contributed by atoms with Crippen molar-refractivity contribution in [1.29, 1.82) is 0 Å². The molecular weight excluding hydrogens is 218 g/mol. The maximum Gasteiger partial charge on any atom is 0.0933 e. The van der Waals surface area contributed by atoms with Gasteiger partial charge >= 0.3 is 0 Å². The summed E-state index contributed by atoms with van der Waals surface area (Å²) in [6.07, 6.45) is 5.15. The van der Waals surface area contributed by atoms with Crippen LogP contribution >= 0.6 is 0 Å². The molecular formula is C13H27NO3. The van der Waals surface area contributed by atoms with Gasteiger partial charge in [-0.15, -0.1) is 0 Å². The zero-order valence-corrected chi connectivity index (χ0v) is 11.2. The lowest BCUT2D eigenvalue weighted by Crippen LogP contribution is -2.36. The fourth-order valence-corrected chi connectivity index (χ4v) is 1.97. The molecule has 1 aliphatic rings. The molecule has 2 unspecified atom stereocenters. The maximum atomic E-state index is 5.86. The van der Waals surface area contributed by atoms with Crippen LogP contribution < -0.4 is 5.32 Å². The lowest BCUT2D eigenvalue weighted by atomic mass is 10.1. The number of ether oxygens (including phenoxy) is 3. The zero-order valence-electron chi connectivity index (χ0n) is 11.2. The molecule has 4 nitrogen and oxygen atoms in total. The Hall–Kier alpha value is -0.160. The highest BCUT2D eigenvalue weighted by Gasteiger charge is 2.16. The number of hydrogen-bond acceptors (Lipinski definition) is 4. The van der Waals surface area contributed by atoms with Crippen LogP contribution in [0.25, 0.3) is 0 Å². The second-order valence-electron chi connectivity index (χ2n) is 4.60. The summed E-state index contributed by atoms with van der Waals surface area (Å²) in [6.45, 7) is 6.27. The molecule has 4 heteroatoms. The Balaban J connectivity index is 2.13. The van der Waals surface area contributed by atoms with E-state index in [1.54, 1.807) is 7.11 Å². The molecule has 0 saturated carbocycles. The van der Waals surface area contributed by atoms with Crippen LogP contribution in [0.2, 0.25) is 0 Å². The van der Waals surface area contributed by atoms with Crippen molar-refractivity contribution in [2.75, 3.05) is 40.0 Å². The third kappa shape index (κ3) is 6.99. The second kappa shape index (κ2) is 9.83. The molecule has 0 amide bonds. The topological polar surface area (TPSA) is 39.7 Å². The van der Waals surface area contributed by atoms with Crippen LogP contribution in [-0.2, 0) is 14.2 Å². The average molecular weight is 245 g/mol. The molecule has 1 heterocycles. The van der Waals surface area contributed by atoms with Gasteiger partial charge in [0.05, 0.1) is 25.4 Å². The van der Waals surface area contributed by atoms with Crippen molar-refractivity contribution in [3.05, 3.63) is 0 Å². The van der Waals surface area contributed by atoms with Gasteiger partial charge in [0, 0.05) is 20.3 Å². The first-order chi connectivity index (χ1) is 8.36. The summed E-state index contributed by atoms with van der Waals surface area (Å²) in [5.74, 6) is 0. The van der Waals surface area contributed by atoms with Crippen LogP contribution in [0.3, 0.4) is 0 Å². The Kier molecular flexibility index (Phi) is 8.61. The Labute approximate surface area is 105 Å². The second-order valence-corrected chi connectivity index (χ2v) is 4.60. The van der Waals surface area contributed by atoms with Crippen LogP contribution in [0.5, 0.6) is 0 Å². The summed E-state index contributed by atoms with van der Waals surface area (Å²) in [4.78, 5) is 0. The van der Waals surface area contributed by atoms with E-state index in [9.17, 15) is 0 Å². The van der Waals surface area contributed by atoms with Crippen LogP contribution in [0.15, 0.2) is 0 Å². The molecule has 102 valence electrons. The van der Waals surface area contributed by atoms with Gasteiger partial charge < -0.3 is 19.5 Å². The Morgan fingerprint density at radius 3 is 2.94 bits per heavy atom. The molecule has 0 bridgehead atoms. The molecule has 1 saturated heterocycles. The minimum Gasteiger partial charge on any atom is -0.382 e. The van der Waals surface area contributed by atoms with E-state index in [-0.39, 0.29) is 12.2 Å². The van der Waals surface area contributed by atoms with Crippen LogP contribution in [0.1, 0.15) is 32.6 Å². The monoisotopic (exact) mass is 245 g/mol. The van der Waals surface area contributed by atoms with E-state index in [2.05, 4.69) is 12.2 Å². The minimum atomic E-state index is 0.136. The number of hydrogen-bond donors (Lipinski definition) is 1. The van der Waals surface area contributed by atoms with E-state index in [4.69, 9.17) is 14.2 Å². The van der Waals surface area contributed by atoms with Gasteiger partial charge in [-0.2, -0.15) is 0 Å². The van der Waals surface area contributed by atoms with E-state index < -0.39 is 0 Å². The van der Waals surface area contributed by atoms with Crippen molar-refractivity contribution in [3.63, 3.8) is 0 Å². The van der Waals surface area contributed by atoms with Gasteiger partial charge in [0.25, 0.3) is 0 Å². The van der Waals surface area contributed by atoms with Crippen LogP contribution in [0.4, 0.5) is 0 Å². The third-order valence-electron chi connectivity index (χ3n) is 2.94. The first kappa shape index (κ1) is 14.9. The Morgan fingerprint density at radius 1 is 1.41 bits per heavy atom. The van der Waals surface area contributed by atoms with Gasteiger partial charge in [-0.3, -0.25) is 0 Å². The molecule has 2 atom stereocenters. The van der Waals surface area contributed by atoms with E-state index in [0.29, 0.717) is 13.2 Å². The van der Waals surface area contributed by atoms with Crippen molar-refractivity contribution in [2.45, 2.75) is 44.8 Å². The van der Waals surface area contributed by atoms with Gasteiger partial charge in [0.2, 0.25) is 0 Å². The molecule has 1 fully saturated rings. The normalized spacial score (nSPS) is 22.6. The Bertz CT molecular complexity index is 172. The molecule has 0 aromatic carbocycles. The summed E-state index contributed by atoms with van der Waals surface area (Å²) in [5.41, 5.74) is 0. The predicted molar refractivity (Wildman–Crippen MR) is 68.4 cm³/mol. The average Bonchev–Trinajstić information content (AvgIpc) is 2.37. The van der Waals surface area contributed by atoms with E-state index in [1.165, 1.54) is 12.8 Å². The first-order valence-electron chi connectivity index (χ1n) is 6.79. The van der Waals surface area contributed by atoms with Crippen molar-refractivity contribution in [2.24, 2.45) is 0 Å². The fourth-order valence-electron chi connectivity index (χ4n) is 1.97. The Morgan fingerprint density at radius 2 is 2.29 bits per heavy atom. The van der Waals surface area contributed by atoms with Crippen molar-refractivity contribution in [3.8, 4) is 0 Å². The minimum absolute atomic E-state index is 0.136. The summed E-state index contributed by atoms with van der Waals surface area (Å²) >= 11 is 0. The van der Waals surface area contributed by atoms with Gasteiger partial charge in [-0.25, -0.2) is 0 Å².